The fraction of sp³-hybridized carbons (Fsp3) is 0.600. The van der Waals surface area contributed by atoms with Gasteiger partial charge >= 0.3 is 0 Å². The van der Waals surface area contributed by atoms with Gasteiger partial charge in [0.15, 0.2) is 0 Å². The zero-order chi connectivity index (χ0) is 11.9. The van der Waals surface area contributed by atoms with Crippen molar-refractivity contribution in [3.8, 4) is 5.75 Å². The van der Waals surface area contributed by atoms with Crippen molar-refractivity contribution >= 4 is 0 Å². The molecule has 0 aliphatic carbocycles. The summed E-state index contributed by atoms with van der Waals surface area (Å²) >= 11 is 0. The summed E-state index contributed by atoms with van der Waals surface area (Å²) in [6.45, 7) is 5.27. The highest BCUT2D eigenvalue weighted by Gasteiger charge is 2.22. The molecule has 1 unspecified atom stereocenters. The molecule has 0 saturated carbocycles. The SMILES string of the molecule is CCCCCCNCC1COc2ccccc21. The van der Waals surface area contributed by atoms with Crippen LogP contribution in [0.1, 0.15) is 44.1 Å². The van der Waals surface area contributed by atoms with E-state index >= 15 is 0 Å². The molecule has 0 saturated heterocycles. The molecule has 1 aliphatic heterocycles. The molecule has 2 nitrogen and oxygen atoms in total. The lowest BCUT2D eigenvalue weighted by Crippen LogP contribution is -2.23. The van der Waals surface area contributed by atoms with Gasteiger partial charge in [0.1, 0.15) is 5.75 Å². The Labute approximate surface area is 104 Å². The van der Waals surface area contributed by atoms with Gasteiger partial charge in [-0.25, -0.2) is 0 Å². The van der Waals surface area contributed by atoms with Crippen molar-refractivity contribution in [2.24, 2.45) is 0 Å². The standard InChI is InChI=1S/C15H23NO/c1-2-3-4-7-10-16-11-13-12-17-15-9-6-5-8-14(13)15/h5-6,8-9,13,16H,2-4,7,10-12H2,1H3. The summed E-state index contributed by atoms with van der Waals surface area (Å²) in [5, 5.41) is 3.55. The van der Waals surface area contributed by atoms with Crippen LogP contribution in [0.5, 0.6) is 5.75 Å². The Morgan fingerprint density at radius 2 is 2.12 bits per heavy atom. The van der Waals surface area contributed by atoms with Gasteiger partial charge in [0.05, 0.1) is 6.61 Å². The molecule has 1 aliphatic rings. The van der Waals surface area contributed by atoms with Crippen LogP contribution in [0.25, 0.3) is 0 Å². The quantitative estimate of drug-likeness (QED) is 0.729. The van der Waals surface area contributed by atoms with Crippen LogP contribution in [0.2, 0.25) is 0 Å². The molecule has 94 valence electrons. The molecule has 1 aromatic rings. The van der Waals surface area contributed by atoms with Crippen molar-refractivity contribution in [2.75, 3.05) is 19.7 Å². The van der Waals surface area contributed by atoms with Gasteiger partial charge < -0.3 is 10.1 Å². The van der Waals surface area contributed by atoms with E-state index in [4.69, 9.17) is 4.74 Å². The summed E-state index contributed by atoms with van der Waals surface area (Å²) in [6, 6.07) is 8.39. The Bertz CT molecular complexity index is 337. The summed E-state index contributed by atoms with van der Waals surface area (Å²) in [5.74, 6) is 1.61. The zero-order valence-electron chi connectivity index (χ0n) is 10.7. The first kappa shape index (κ1) is 12.4. The van der Waals surface area contributed by atoms with E-state index in [1.807, 2.05) is 6.07 Å². The lowest BCUT2D eigenvalue weighted by molar-refractivity contribution is 0.326. The van der Waals surface area contributed by atoms with Crippen LogP contribution < -0.4 is 10.1 Å². The van der Waals surface area contributed by atoms with Crippen LogP contribution in [0.4, 0.5) is 0 Å². The Morgan fingerprint density at radius 1 is 1.24 bits per heavy atom. The lowest BCUT2D eigenvalue weighted by Gasteiger charge is -2.10. The first-order valence-corrected chi connectivity index (χ1v) is 6.84. The minimum absolute atomic E-state index is 0.539. The molecule has 2 rings (SSSR count). The normalized spacial score (nSPS) is 17.8. The topological polar surface area (TPSA) is 21.3 Å². The average molecular weight is 233 g/mol. The van der Waals surface area contributed by atoms with Gasteiger partial charge in [-0.1, -0.05) is 44.4 Å². The Kier molecular flexibility index (Phi) is 4.87. The van der Waals surface area contributed by atoms with E-state index < -0.39 is 0 Å². The van der Waals surface area contributed by atoms with Gasteiger partial charge in [-0.2, -0.15) is 0 Å². The number of ether oxygens (including phenoxy) is 1. The molecule has 0 aromatic heterocycles. The van der Waals surface area contributed by atoms with E-state index in [1.54, 1.807) is 0 Å². The van der Waals surface area contributed by atoms with Crippen LogP contribution in [0.3, 0.4) is 0 Å². The number of para-hydroxylation sites is 1. The highest BCUT2D eigenvalue weighted by molar-refractivity contribution is 5.39. The van der Waals surface area contributed by atoms with E-state index in [0.29, 0.717) is 5.92 Å². The minimum Gasteiger partial charge on any atom is -0.493 e. The number of hydrogen-bond acceptors (Lipinski definition) is 2. The van der Waals surface area contributed by atoms with Gasteiger partial charge in [0, 0.05) is 18.0 Å². The summed E-state index contributed by atoms with van der Waals surface area (Å²) in [6.07, 6.45) is 5.31. The largest absolute Gasteiger partial charge is 0.493 e. The number of fused-ring (bicyclic) bond motifs is 1. The third-order valence-electron chi connectivity index (χ3n) is 3.40. The molecule has 0 amide bonds. The van der Waals surface area contributed by atoms with Crippen molar-refractivity contribution in [1.29, 1.82) is 0 Å². The van der Waals surface area contributed by atoms with Gasteiger partial charge in [0.2, 0.25) is 0 Å². The van der Waals surface area contributed by atoms with E-state index in [9.17, 15) is 0 Å². The molecular formula is C15H23NO. The van der Waals surface area contributed by atoms with Crippen LogP contribution in [0, 0.1) is 0 Å². The molecule has 1 N–H and O–H groups in total. The number of benzene rings is 1. The molecule has 0 fully saturated rings. The van der Waals surface area contributed by atoms with E-state index in [1.165, 1.54) is 31.2 Å². The molecule has 1 aromatic carbocycles. The number of hydrogen-bond donors (Lipinski definition) is 1. The second-order valence-corrected chi connectivity index (χ2v) is 4.81. The van der Waals surface area contributed by atoms with Gasteiger partial charge in [-0.15, -0.1) is 0 Å². The Hall–Kier alpha value is -1.02. The van der Waals surface area contributed by atoms with Gasteiger partial charge in [-0.3, -0.25) is 0 Å². The first-order chi connectivity index (χ1) is 8.42. The fourth-order valence-electron chi connectivity index (χ4n) is 2.35. The fourth-order valence-corrected chi connectivity index (χ4v) is 2.35. The minimum atomic E-state index is 0.539. The maximum atomic E-state index is 5.67. The van der Waals surface area contributed by atoms with Crippen LogP contribution >= 0.6 is 0 Å². The monoisotopic (exact) mass is 233 g/mol. The summed E-state index contributed by atoms with van der Waals surface area (Å²) < 4.78 is 5.67. The molecule has 0 bridgehead atoms. The van der Waals surface area contributed by atoms with Gasteiger partial charge in [-0.05, 0) is 19.0 Å². The van der Waals surface area contributed by atoms with Crippen molar-refractivity contribution < 1.29 is 4.74 Å². The molecule has 1 atom stereocenters. The van der Waals surface area contributed by atoms with Crippen LogP contribution in [0.15, 0.2) is 24.3 Å². The van der Waals surface area contributed by atoms with Crippen molar-refractivity contribution in [3.05, 3.63) is 29.8 Å². The second-order valence-electron chi connectivity index (χ2n) is 4.81. The van der Waals surface area contributed by atoms with Crippen molar-refractivity contribution in [1.82, 2.24) is 5.32 Å². The predicted molar refractivity (Wildman–Crippen MR) is 71.7 cm³/mol. The Balaban J connectivity index is 1.68. The van der Waals surface area contributed by atoms with E-state index in [2.05, 4.69) is 30.4 Å². The third kappa shape index (κ3) is 3.47. The maximum absolute atomic E-state index is 5.67. The molecular weight excluding hydrogens is 210 g/mol. The number of rotatable bonds is 7. The molecule has 1 heterocycles. The number of unbranched alkanes of at least 4 members (excludes halogenated alkanes) is 3. The summed E-state index contributed by atoms with van der Waals surface area (Å²) in [4.78, 5) is 0. The smallest absolute Gasteiger partial charge is 0.122 e. The molecule has 0 radical (unpaired) electrons. The molecule has 17 heavy (non-hydrogen) atoms. The highest BCUT2D eigenvalue weighted by atomic mass is 16.5. The first-order valence-electron chi connectivity index (χ1n) is 6.84. The van der Waals surface area contributed by atoms with Crippen LogP contribution in [-0.4, -0.2) is 19.7 Å². The van der Waals surface area contributed by atoms with E-state index in [-0.39, 0.29) is 0 Å². The van der Waals surface area contributed by atoms with E-state index in [0.717, 1.165) is 25.4 Å². The highest BCUT2D eigenvalue weighted by Crippen LogP contribution is 2.32. The lowest BCUT2D eigenvalue weighted by atomic mass is 10.0. The van der Waals surface area contributed by atoms with Crippen molar-refractivity contribution in [3.63, 3.8) is 0 Å². The molecule has 2 heteroatoms. The third-order valence-corrected chi connectivity index (χ3v) is 3.40. The predicted octanol–water partition coefficient (Wildman–Crippen LogP) is 3.33. The van der Waals surface area contributed by atoms with Gasteiger partial charge in [0.25, 0.3) is 0 Å². The summed E-state index contributed by atoms with van der Waals surface area (Å²) in [5.41, 5.74) is 1.37. The zero-order valence-corrected chi connectivity index (χ0v) is 10.7. The van der Waals surface area contributed by atoms with Crippen LogP contribution in [-0.2, 0) is 0 Å². The van der Waals surface area contributed by atoms with Crippen molar-refractivity contribution in [2.45, 2.75) is 38.5 Å². The number of nitrogens with one attached hydrogen (secondary N) is 1. The maximum Gasteiger partial charge on any atom is 0.122 e. The molecule has 0 spiro atoms. The Morgan fingerprint density at radius 3 is 3.00 bits per heavy atom. The second kappa shape index (κ2) is 6.65. The average Bonchev–Trinajstić information content (AvgIpc) is 2.77. The summed E-state index contributed by atoms with van der Waals surface area (Å²) in [7, 11) is 0.